The minimum atomic E-state index is -0.513. The van der Waals surface area contributed by atoms with Crippen molar-refractivity contribution in [3.8, 4) is 17.2 Å². The van der Waals surface area contributed by atoms with Gasteiger partial charge in [0.15, 0.2) is 22.4 Å². The van der Waals surface area contributed by atoms with Gasteiger partial charge in [0.2, 0.25) is 12.7 Å². The van der Waals surface area contributed by atoms with Crippen LogP contribution in [-0.2, 0) is 17.8 Å². The minimum Gasteiger partial charge on any atom is -0.497 e. The van der Waals surface area contributed by atoms with Crippen molar-refractivity contribution in [3.63, 3.8) is 0 Å². The first kappa shape index (κ1) is 21.9. The van der Waals surface area contributed by atoms with Gasteiger partial charge >= 0.3 is 0 Å². The molecule has 5 rings (SSSR count). The van der Waals surface area contributed by atoms with Crippen molar-refractivity contribution in [1.29, 1.82) is 0 Å². The molecule has 0 bridgehead atoms. The first-order valence-corrected chi connectivity index (χ1v) is 11.5. The number of Topliss-reactive ketones (excluding diaryl/α,β-unsaturated/α-hetero) is 1. The Bertz CT molecular complexity index is 1270. The molecule has 1 atom stereocenters. The standard InChI is InChI=1S/C24H21N3O6S/c1-31-16-5-3-14(4-6-16)23(30)27-24-26-17-9-15(10-18(28)21(17)34-24)22(29)25-11-13-2-7-19-20(8-13)33-12-32-19/h2-8,15H,9-12H2,1H3,(H,25,29)(H,26,27,30)/t15-/m1/s1. The summed E-state index contributed by atoms with van der Waals surface area (Å²) in [7, 11) is 1.55. The molecule has 2 amide bonds. The molecule has 2 aliphatic rings. The zero-order valence-electron chi connectivity index (χ0n) is 18.3. The third-order valence-corrected chi connectivity index (χ3v) is 6.72. The number of thiazole rings is 1. The number of anilines is 1. The van der Waals surface area contributed by atoms with Gasteiger partial charge in [-0.2, -0.15) is 0 Å². The lowest BCUT2D eigenvalue weighted by molar-refractivity contribution is -0.125. The number of aromatic nitrogens is 1. The highest BCUT2D eigenvalue weighted by atomic mass is 32.1. The van der Waals surface area contributed by atoms with E-state index in [9.17, 15) is 14.4 Å². The van der Waals surface area contributed by atoms with Crippen molar-refractivity contribution in [2.24, 2.45) is 5.92 Å². The summed E-state index contributed by atoms with van der Waals surface area (Å²) in [5.74, 6) is 0.769. The van der Waals surface area contributed by atoms with E-state index in [1.165, 1.54) is 0 Å². The molecule has 0 unspecified atom stereocenters. The highest BCUT2D eigenvalue weighted by Gasteiger charge is 2.33. The fraction of sp³-hybridized carbons (Fsp3) is 0.250. The maximum Gasteiger partial charge on any atom is 0.257 e. The van der Waals surface area contributed by atoms with Crippen LogP contribution in [0.2, 0.25) is 0 Å². The summed E-state index contributed by atoms with van der Waals surface area (Å²) in [5, 5.41) is 5.96. The molecule has 2 N–H and O–H groups in total. The number of ether oxygens (including phenoxy) is 3. The summed E-state index contributed by atoms with van der Waals surface area (Å²) in [6.45, 7) is 0.501. The van der Waals surface area contributed by atoms with E-state index in [0.717, 1.165) is 16.9 Å². The number of rotatable bonds is 6. The molecule has 34 heavy (non-hydrogen) atoms. The average Bonchev–Trinajstić information content (AvgIpc) is 3.49. The number of nitrogens with zero attached hydrogens (tertiary/aromatic N) is 1. The summed E-state index contributed by atoms with van der Waals surface area (Å²) < 4.78 is 15.8. The molecule has 1 aliphatic carbocycles. The summed E-state index contributed by atoms with van der Waals surface area (Å²) >= 11 is 1.13. The molecular formula is C24H21N3O6S. The Morgan fingerprint density at radius 1 is 1.12 bits per heavy atom. The fourth-order valence-electron chi connectivity index (χ4n) is 3.86. The number of carbonyl (C=O) groups is 3. The van der Waals surface area contributed by atoms with Gasteiger partial charge in [-0.3, -0.25) is 19.7 Å². The monoisotopic (exact) mass is 479 g/mol. The predicted molar refractivity (Wildman–Crippen MR) is 124 cm³/mol. The molecule has 174 valence electrons. The van der Waals surface area contributed by atoms with Crippen molar-refractivity contribution in [2.45, 2.75) is 19.4 Å². The zero-order chi connectivity index (χ0) is 23.7. The van der Waals surface area contributed by atoms with Crippen LogP contribution < -0.4 is 24.8 Å². The van der Waals surface area contributed by atoms with Crippen LogP contribution in [0.1, 0.15) is 37.7 Å². The number of fused-ring (bicyclic) bond motifs is 2. The second-order valence-electron chi connectivity index (χ2n) is 7.91. The number of nitrogens with one attached hydrogen (secondary N) is 2. The molecule has 10 heteroatoms. The summed E-state index contributed by atoms with van der Waals surface area (Å²) in [4.78, 5) is 42.9. The van der Waals surface area contributed by atoms with Crippen LogP contribution in [0.15, 0.2) is 42.5 Å². The molecule has 0 radical (unpaired) electrons. The van der Waals surface area contributed by atoms with E-state index in [1.807, 2.05) is 12.1 Å². The Morgan fingerprint density at radius 3 is 2.71 bits per heavy atom. The van der Waals surface area contributed by atoms with Gasteiger partial charge in [0, 0.05) is 24.9 Å². The molecular weight excluding hydrogens is 458 g/mol. The van der Waals surface area contributed by atoms with Gasteiger partial charge in [0.05, 0.1) is 23.6 Å². The normalized spacial score (nSPS) is 16.0. The molecule has 1 aliphatic heterocycles. The van der Waals surface area contributed by atoms with Gasteiger partial charge in [0.25, 0.3) is 5.91 Å². The molecule has 0 fully saturated rings. The third kappa shape index (κ3) is 4.44. The molecule has 2 aromatic carbocycles. The molecule has 0 saturated heterocycles. The highest BCUT2D eigenvalue weighted by Crippen LogP contribution is 2.34. The predicted octanol–water partition coefficient (Wildman–Crippen LogP) is 3.19. The van der Waals surface area contributed by atoms with Gasteiger partial charge < -0.3 is 19.5 Å². The van der Waals surface area contributed by atoms with Crippen LogP contribution >= 0.6 is 11.3 Å². The summed E-state index contributed by atoms with van der Waals surface area (Å²) in [6.07, 6.45) is 0.441. The molecule has 0 spiro atoms. The van der Waals surface area contributed by atoms with E-state index in [4.69, 9.17) is 14.2 Å². The molecule has 9 nitrogen and oxygen atoms in total. The molecule has 0 saturated carbocycles. The van der Waals surface area contributed by atoms with Crippen LogP contribution in [0.4, 0.5) is 5.13 Å². The van der Waals surface area contributed by atoms with E-state index in [-0.39, 0.29) is 30.8 Å². The van der Waals surface area contributed by atoms with Gasteiger partial charge in [-0.05, 0) is 42.0 Å². The Morgan fingerprint density at radius 2 is 1.91 bits per heavy atom. The number of benzene rings is 2. The van der Waals surface area contributed by atoms with Crippen molar-refractivity contribution in [3.05, 3.63) is 64.2 Å². The average molecular weight is 480 g/mol. The maximum atomic E-state index is 12.8. The largest absolute Gasteiger partial charge is 0.497 e. The van der Waals surface area contributed by atoms with Crippen LogP contribution in [0.25, 0.3) is 0 Å². The number of hydrogen-bond donors (Lipinski definition) is 2. The fourth-order valence-corrected chi connectivity index (χ4v) is 4.80. The van der Waals surface area contributed by atoms with E-state index in [0.29, 0.717) is 51.5 Å². The van der Waals surface area contributed by atoms with Crippen molar-refractivity contribution < 1.29 is 28.6 Å². The van der Waals surface area contributed by atoms with Crippen LogP contribution in [0.5, 0.6) is 17.2 Å². The Labute approximate surface area is 199 Å². The minimum absolute atomic E-state index is 0.105. The van der Waals surface area contributed by atoms with E-state index < -0.39 is 5.92 Å². The lowest BCUT2D eigenvalue weighted by Gasteiger charge is -2.19. The topological polar surface area (TPSA) is 116 Å². The lowest BCUT2D eigenvalue weighted by Crippen LogP contribution is -2.35. The maximum absolute atomic E-state index is 12.8. The second-order valence-corrected chi connectivity index (χ2v) is 8.91. The van der Waals surface area contributed by atoms with Gasteiger partial charge in [-0.15, -0.1) is 0 Å². The number of ketones is 1. The summed E-state index contributed by atoms with van der Waals surface area (Å²) in [5.41, 5.74) is 1.85. The SMILES string of the molecule is COc1ccc(C(=O)Nc2nc3c(s2)C(=O)C[C@H](C(=O)NCc2ccc4c(c2)OCO4)C3)cc1. The third-order valence-electron chi connectivity index (χ3n) is 5.67. The van der Waals surface area contributed by atoms with E-state index in [2.05, 4.69) is 15.6 Å². The quantitative estimate of drug-likeness (QED) is 0.558. The lowest BCUT2D eigenvalue weighted by atomic mass is 9.89. The first-order chi connectivity index (χ1) is 16.5. The number of carbonyl (C=O) groups excluding carboxylic acids is 3. The Kier molecular flexibility index (Phi) is 5.89. The number of hydrogen-bond acceptors (Lipinski definition) is 8. The van der Waals surface area contributed by atoms with E-state index >= 15 is 0 Å². The highest BCUT2D eigenvalue weighted by molar-refractivity contribution is 7.17. The first-order valence-electron chi connectivity index (χ1n) is 10.6. The Hall–Kier alpha value is -3.92. The van der Waals surface area contributed by atoms with Gasteiger partial charge in [-0.25, -0.2) is 4.98 Å². The van der Waals surface area contributed by atoms with E-state index in [1.54, 1.807) is 37.4 Å². The van der Waals surface area contributed by atoms with Gasteiger partial charge in [0.1, 0.15) is 5.75 Å². The van der Waals surface area contributed by atoms with Crippen molar-refractivity contribution in [1.82, 2.24) is 10.3 Å². The van der Waals surface area contributed by atoms with Crippen LogP contribution in [0.3, 0.4) is 0 Å². The van der Waals surface area contributed by atoms with Crippen molar-refractivity contribution in [2.75, 3.05) is 19.2 Å². The molecule has 3 aromatic rings. The summed E-state index contributed by atoms with van der Waals surface area (Å²) in [6, 6.07) is 12.2. The Balaban J connectivity index is 1.21. The molecule has 1 aromatic heterocycles. The second kappa shape index (κ2) is 9.14. The number of methoxy groups -OCH3 is 1. The van der Waals surface area contributed by atoms with Crippen molar-refractivity contribution >= 4 is 34.1 Å². The molecule has 2 heterocycles. The van der Waals surface area contributed by atoms with Crippen LogP contribution in [0, 0.1) is 5.92 Å². The van der Waals surface area contributed by atoms with Gasteiger partial charge in [-0.1, -0.05) is 17.4 Å². The zero-order valence-corrected chi connectivity index (χ0v) is 19.1. The smallest absolute Gasteiger partial charge is 0.257 e. The van der Waals surface area contributed by atoms with Crippen LogP contribution in [-0.4, -0.2) is 36.5 Å². The number of amides is 2.